The Balaban J connectivity index is 1.76. The summed E-state index contributed by atoms with van der Waals surface area (Å²) in [7, 11) is 0. The van der Waals surface area contributed by atoms with Gasteiger partial charge in [-0.25, -0.2) is 14.1 Å². The Kier molecular flexibility index (Phi) is 5.23. The highest BCUT2D eigenvalue weighted by molar-refractivity contribution is 7.13. The number of likely N-dealkylation sites (tertiary alicyclic amines) is 1. The van der Waals surface area contributed by atoms with Crippen molar-refractivity contribution in [3.05, 3.63) is 53.4 Å². The van der Waals surface area contributed by atoms with Crippen LogP contribution in [0.15, 0.2) is 41.8 Å². The first-order valence-corrected chi connectivity index (χ1v) is 10.3. The van der Waals surface area contributed by atoms with E-state index in [0.717, 1.165) is 24.1 Å². The molecular formula is C20H22FN5OS. The Morgan fingerprint density at radius 3 is 2.89 bits per heavy atom. The zero-order valence-electron chi connectivity index (χ0n) is 15.6. The minimum absolute atomic E-state index is 0.0208. The molecule has 4 rings (SSSR count). The van der Waals surface area contributed by atoms with Gasteiger partial charge in [0.05, 0.1) is 10.6 Å². The van der Waals surface area contributed by atoms with E-state index in [1.54, 1.807) is 17.0 Å². The van der Waals surface area contributed by atoms with Crippen LogP contribution in [0.1, 0.15) is 36.8 Å². The van der Waals surface area contributed by atoms with Crippen molar-refractivity contribution in [2.24, 2.45) is 5.73 Å². The summed E-state index contributed by atoms with van der Waals surface area (Å²) in [5, 5.41) is 6.39. The summed E-state index contributed by atoms with van der Waals surface area (Å²) in [6.45, 7) is 2.57. The van der Waals surface area contributed by atoms with Gasteiger partial charge in [-0.05, 0) is 55.8 Å². The van der Waals surface area contributed by atoms with Crippen LogP contribution < -0.4 is 5.73 Å². The Hall–Kier alpha value is -2.58. The molecule has 0 spiro atoms. The molecule has 8 heteroatoms. The van der Waals surface area contributed by atoms with Crippen LogP contribution in [0.4, 0.5) is 4.39 Å². The van der Waals surface area contributed by atoms with Crippen molar-refractivity contribution in [1.29, 1.82) is 0 Å². The molecule has 0 saturated carbocycles. The summed E-state index contributed by atoms with van der Waals surface area (Å²) >= 11 is 1.49. The average Bonchev–Trinajstić information content (AvgIpc) is 3.37. The lowest BCUT2D eigenvalue weighted by Gasteiger charge is -2.37. The van der Waals surface area contributed by atoms with Gasteiger partial charge in [0.2, 0.25) is 5.82 Å². The highest BCUT2D eigenvalue weighted by Crippen LogP contribution is 2.27. The molecule has 3 aromatic rings. The molecule has 1 aromatic carbocycles. The molecule has 1 fully saturated rings. The first kappa shape index (κ1) is 18.8. The van der Waals surface area contributed by atoms with Crippen LogP contribution in [0.2, 0.25) is 0 Å². The van der Waals surface area contributed by atoms with Crippen LogP contribution in [0.25, 0.3) is 16.4 Å². The normalized spacial score (nSPS) is 18.2. The van der Waals surface area contributed by atoms with Crippen molar-refractivity contribution in [2.45, 2.75) is 38.3 Å². The number of hydrogen-bond donors (Lipinski definition) is 1. The monoisotopic (exact) mass is 399 g/mol. The Morgan fingerprint density at radius 1 is 1.32 bits per heavy atom. The lowest BCUT2D eigenvalue weighted by atomic mass is 9.97. The van der Waals surface area contributed by atoms with E-state index in [4.69, 9.17) is 5.73 Å². The van der Waals surface area contributed by atoms with E-state index < -0.39 is 0 Å². The van der Waals surface area contributed by atoms with E-state index in [9.17, 15) is 9.18 Å². The predicted molar refractivity (Wildman–Crippen MR) is 107 cm³/mol. The molecule has 1 aliphatic heterocycles. The van der Waals surface area contributed by atoms with Crippen LogP contribution in [-0.2, 0) is 0 Å². The molecule has 2 aromatic heterocycles. The lowest BCUT2D eigenvalue weighted by molar-refractivity contribution is 0.0571. The van der Waals surface area contributed by atoms with Gasteiger partial charge in [0.15, 0.2) is 5.82 Å². The molecule has 2 unspecified atom stereocenters. The quantitative estimate of drug-likeness (QED) is 0.729. The minimum atomic E-state index is -0.369. The van der Waals surface area contributed by atoms with Gasteiger partial charge in [-0.15, -0.1) is 16.4 Å². The van der Waals surface area contributed by atoms with Crippen molar-refractivity contribution in [3.63, 3.8) is 0 Å². The Bertz CT molecular complexity index is 969. The number of carbonyl (C=O) groups excluding carboxylic acids is 1. The first-order valence-electron chi connectivity index (χ1n) is 9.38. The number of benzene rings is 1. The van der Waals surface area contributed by atoms with Gasteiger partial charge < -0.3 is 10.6 Å². The molecule has 1 aliphatic rings. The molecule has 3 heterocycles. The van der Waals surface area contributed by atoms with E-state index in [1.165, 1.54) is 28.2 Å². The highest BCUT2D eigenvalue weighted by atomic mass is 32.1. The number of carbonyl (C=O) groups is 1. The van der Waals surface area contributed by atoms with Gasteiger partial charge in [-0.2, -0.15) is 0 Å². The minimum Gasteiger partial charge on any atom is -0.331 e. The second kappa shape index (κ2) is 7.81. The number of rotatable bonds is 4. The molecule has 1 amide bonds. The molecular weight excluding hydrogens is 377 g/mol. The van der Waals surface area contributed by atoms with E-state index >= 15 is 0 Å². The van der Waals surface area contributed by atoms with Crippen LogP contribution in [0.3, 0.4) is 0 Å². The third kappa shape index (κ3) is 3.57. The SMILES string of the molecule is CC(N)C1CCCCN1C(=O)c1nc(-c2cccs2)n(-c2cccc(F)c2)n1. The van der Waals surface area contributed by atoms with Crippen molar-refractivity contribution < 1.29 is 9.18 Å². The third-order valence-corrected chi connectivity index (χ3v) is 5.88. The van der Waals surface area contributed by atoms with E-state index in [0.29, 0.717) is 18.1 Å². The smallest absolute Gasteiger partial charge is 0.293 e. The standard InChI is InChI=1S/C20H22FN5OS/c1-13(22)16-8-2-3-10-25(16)20(27)18-23-19(17-9-5-11-28-17)26(24-18)15-7-4-6-14(21)12-15/h4-7,9,11-13,16H,2-3,8,10,22H2,1H3. The van der Waals surface area contributed by atoms with Crippen LogP contribution in [0, 0.1) is 5.82 Å². The average molecular weight is 399 g/mol. The summed E-state index contributed by atoms with van der Waals surface area (Å²) in [5.41, 5.74) is 6.64. The summed E-state index contributed by atoms with van der Waals surface area (Å²) in [6.07, 6.45) is 2.88. The van der Waals surface area contributed by atoms with Gasteiger partial charge >= 0.3 is 0 Å². The van der Waals surface area contributed by atoms with Crippen molar-refractivity contribution >= 4 is 17.2 Å². The van der Waals surface area contributed by atoms with Gasteiger partial charge in [0, 0.05) is 18.6 Å². The fourth-order valence-corrected chi connectivity index (χ4v) is 4.34. The molecule has 146 valence electrons. The number of piperidine rings is 1. The second-order valence-electron chi connectivity index (χ2n) is 7.05. The maximum absolute atomic E-state index is 13.8. The van der Waals surface area contributed by atoms with E-state index in [1.807, 2.05) is 24.4 Å². The predicted octanol–water partition coefficient (Wildman–Crippen LogP) is 3.48. The molecule has 2 N–H and O–H groups in total. The van der Waals surface area contributed by atoms with Crippen LogP contribution >= 0.6 is 11.3 Å². The number of nitrogens with zero attached hydrogens (tertiary/aromatic N) is 4. The van der Waals surface area contributed by atoms with Crippen LogP contribution in [-0.4, -0.2) is 44.2 Å². The first-order chi connectivity index (χ1) is 13.5. The number of nitrogens with two attached hydrogens (primary N) is 1. The van der Waals surface area contributed by atoms with Gasteiger partial charge in [0.1, 0.15) is 5.82 Å². The number of amides is 1. The molecule has 2 atom stereocenters. The summed E-state index contributed by atoms with van der Waals surface area (Å²) in [4.78, 5) is 20.4. The highest BCUT2D eigenvalue weighted by Gasteiger charge is 2.32. The third-order valence-electron chi connectivity index (χ3n) is 5.01. The molecule has 1 saturated heterocycles. The molecule has 0 bridgehead atoms. The fourth-order valence-electron chi connectivity index (χ4n) is 3.64. The van der Waals surface area contributed by atoms with Crippen molar-refractivity contribution in [1.82, 2.24) is 19.7 Å². The Morgan fingerprint density at radius 2 is 2.18 bits per heavy atom. The topological polar surface area (TPSA) is 77.0 Å². The summed E-state index contributed by atoms with van der Waals surface area (Å²) < 4.78 is 15.3. The molecule has 28 heavy (non-hydrogen) atoms. The second-order valence-corrected chi connectivity index (χ2v) is 8.00. The molecule has 0 radical (unpaired) electrons. The summed E-state index contributed by atoms with van der Waals surface area (Å²) in [6, 6.07) is 9.79. The maximum Gasteiger partial charge on any atom is 0.293 e. The number of hydrogen-bond acceptors (Lipinski definition) is 5. The largest absolute Gasteiger partial charge is 0.331 e. The number of halogens is 1. The van der Waals surface area contributed by atoms with Crippen LogP contribution in [0.5, 0.6) is 0 Å². The van der Waals surface area contributed by atoms with Crippen molar-refractivity contribution in [3.8, 4) is 16.4 Å². The van der Waals surface area contributed by atoms with E-state index in [-0.39, 0.29) is 29.6 Å². The zero-order valence-corrected chi connectivity index (χ0v) is 16.4. The van der Waals surface area contributed by atoms with Gasteiger partial charge in [-0.3, -0.25) is 4.79 Å². The van der Waals surface area contributed by atoms with Gasteiger partial charge in [-0.1, -0.05) is 12.1 Å². The van der Waals surface area contributed by atoms with Gasteiger partial charge in [0.25, 0.3) is 5.91 Å². The summed E-state index contributed by atoms with van der Waals surface area (Å²) in [5.74, 6) is 0.0412. The number of thiophene rings is 1. The number of aromatic nitrogens is 3. The molecule has 6 nitrogen and oxygen atoms in total. The fraction of sp³-hybridized carbons (Fsp3) is 0.350. The van der Waals surface area contributed by atoms with E-state index in [2.05, 4.69) is 10.1 Å². The van der Waals surface area contributed by atoms with Crippen molar-refractivity contribution in [2.75, 3.05) is 6.54 Å². The Labute approximate surface area is 166 Å². The zero-order chi connectivity index (χ0) is 19.7. The maximum atomic E-state index is 13.8. The molecule has 0 aliphatic carbocycles. The lowest BCUT2D eigenvalue weighted by Crippen LogP contribution is -2.51.